The van der Waals surface area contributed by atoms with E-state index in [9.17, 15) is 0 Å². The second-order valence-corrected chi connectivity index (χ2v) is 6.46. The number of hydrogen-bond donors (Lipinski definition) is 2. The van der Waals surface area contributed by atoms with Crippen molar-refractivity contribution in [2.24, 2.45) is 4.99 Å². The fraction of sp³-hybridized carbons (Fsp3) is 0.444. The minimum absolute atomic E-state index is 0. The lowest BCUT2D eigenvalue weighted by molar-refractivity contribution is 0.379. The van der Waals surface area contributed by atoms with E-state index in [1.54, 1.807) is 13.2 Å². The van der Waals surface area contributed by atoms with Crippen molar-refractivity contribution in [1.82, 2.24) is 15.6 Å². The molecule has 0 atom stereocenters. The molecular weight excluding hydrogens is 415 g/mol. The van der Waals surface area contributed by atoms with E-state index in [4.69, 9.17) is 4.42 Å². The highest BCUT2D eigenvalue weighted by Crippen LogP contribution is 2.22. The lowest BCUT2D eigenvalue weighted by Gasteiger charge is -2.13. The van der Waals surface area contributed by atoms with E-state index in [-0.39, 0.29) is 29.4 Å². The SMILES string of the molecule is CN=C(NCCc1ccccc1)NCc1ncc(C(C)(C)C)o1.I. The van der Waals surface area contributed by atoms with Gasteiger partial charge in [-0.3, -0.25) is 4.99 Å². The molecule has 5 nitrogen and oxygen atoms in total. The zero-order valence-corrected chi connectivity index (χ0v) is 17.1. The number of rotatable bonds is 5. The fourth-order valence-electron chi connectivity index (χ4n) is 2.09. The first-order valence-corrected chi connectivity index (χ1v) is 7.92. The summed E-state index contributed by atoms with van der Waals surface area (Å²) in [7, 11) is 1.76. The molecule has 0 unspecified atom stereocenters. The van der Waals surface area contributed by atoms with Crippen molar-refractivity contribution in [3.8, 4) is 0 Å². The van der Waals surface area contributed by atoms with Crippen molar-refractivity contribution in [2.45, 2.75) is 39.2 Å². The van der Waals surface area contributed by atoms with Crippen LogP contribution in [-0.2, 0) is 18.4 Å². The van der Waals surface area contributed by atoms with Crippen LogP contribution in [0.1, 0.15) is 38.0 Å². The van der Waals surface area contributed by atoms with Gasteiger partial charge in [0.1, 0.15) is 5.76 Å². The number of aliphatic imine (C=N–C) groups is 1. The summed E-state index contributed by atoms with van der Waals surface area (Å²) >= 11 is 0. The van der Waals surface area contributed by atoms with Gasteiger partial charge in [-0.15, -0.1) is 24.0 Å². The lowest BCUT2D eigenvalue weighted by Crippen LogP contribution is -2.37. The minimum atomic E-state index is -0.0269. The Morgan fingerprint density at radius 3 is 2.46 bits per heavy atom. The zero-order valence-electron chi connectivity index (χ0n) is 14.8. The number of halogens is 1. The normalized spacial score (nSPS) is 11.8. The number of aromatic nitrogens is 1. The largest absolute Gasteiger partial charge is 0.443 e. The van der Waals surface area contributed by atoms with Crippen molar-refractivity contribution in [3.05, 3.63) is 53.7 Å². The van der Waals surface area contributed by atoms with Gasteiger partial charge < -0.3 is 15.1 Å². The number of nitrogens with zero attached hydrogens (tertiary/aromatic N) is 2. The van der Waals surface area contributed by atoms with Gasteiger partial charge >= 0.3 is 0 Å². The van der Waals surface area contributed by atoms with E-state index in [0.717, 1.165) is 24.7 Å². The number of guanidine groups is 1. The number of oxazole rings is 1. The fourth-order valence-corrected chi connectivity index (χ4v) is 2.09. The van der Waals surface area contributed by atoms with Crippen LogP contribution in [0.4, 0.5) is 0 Å². The monoisotopic (exact) mass is 442 g/mol. The smallest absolute Gasteiger partial charge is 0.213 e. The van der Waals surface area contributed by atoms with Crippen LogP contribution in [0, 0.1) is 0 Å². The molecule has 0 spiro atoms. The van der Waals surface area contributed by atoms with Crippen LogP contribution < -0.4 is 10.6 Å². The standard InChI is InChI=1S/C18H26N4O.HI/c1-18(2,3)15-12-21-16(23-15)13-22-17(19-4)20-11-10-14-8-6-5-7-9-14;/h5-9,12H,10-11,13H2,1-4H3,(H2,19,20,22);1H. The predicted molar refractivity (Wildman–Crippen MR) is 109 cm³/mol. The molecule has 2 rings (SSSR count). The van der Waals surface area contributed by atoms with E-state index < -0.39 is 0 Å². The van der Waals surface area contributed by atoms with Gasteiger partial charge in [0.15, 0.2) is 5.96 Å². The van der Waals surface area contributed by atoms with Crippen molar-refractivity contribution in [3.63, 3.8) is 0 Å². The van der Waals surface area contributed by atoms with Crippen LogP contribution in [-0.4, -0.2) is 24.5 Å². The van der Waals surface area contributed by atoms with Gasteiger partial charge in [-0.05, 0) is 12.0 Å². The van der Waals surface area contributed by atoms with E-state index in [0.29, 0.717) is 12.4 Å². The maximum Gasteiger partial charge on any atom is 0.213 e. The van der Waals surface area contributed by atoms with Crippen LogP contribution in [0.25, 0.3) is 0 Å². The first-order valence-electron chi connectivity index (χ1n) is 7.92. The molecule has 1 aromatic heterocycles. The Hall–Kier alpha value is -1.57. The van der Waals surface area contributed by atoms with E-state index in [1.165, 1.54) is 5.56 Å². The zero-order chi connectivity index (χ0) is 16.7. The average Bonchev–Trinajstić information content (AvgIpc) is 3.01. The van der Waals surface area contributed by atoms with E-state index >= 15 is 0 Å². The highest BCUT2D eigenvalue weighted by Gasteiger charge is 2.19. The summed E-state index contributed by atoms with van der Waals surface area (Å²) in [6.07, 6.45) is 2.75. The molecule has 0 aliphatic heterocycles. The Balaban J connectivity index is 0.00000288. The third kappa shape index (κ3) is 6.51. The maximum absolute atomic E-state index is 5.76. The number of hydrogen-bond acceptors (Lipinski definition) is 3. The molecule has 0 amide bonds. The Bertz CT molecular complexity index is 632. The third-order valence-electron chi connectivity index (χ3n) is 3.47. The molecule has 2 N–H and O–H groups in total. The lowest BCUT2D eigenvalue weighted by atomic mass is 9.94. The molecule has 2 aromatic rings. The summed E-state index contributed by atoms with van der Waals surface area (Å²) in [4.78, 5) is 8.52. The predicted octanol–water partition coefficient (Wildman–Crippen LogP) is 3.50. The van der Waals surface area contributed by atoms with Crippen molar-refractivity contribution >= 4 is 29.9 Å². The second kappa shape index (κ2) is 9.66. The highest BCUT2D eigenvalue weighted by atomic mass is 127. The first-order chi connectivity index (χ1) is 11.0. The summed E-state index contributed by atoms with van der Waals surface area (Å²) in [6.45, 7) is 7.65. The van der Waals surface area contributed by atoms with E-state index in [2.05, 4.69) is 65.6 Å². The molecule has 0 saturated heterocycles. The topological polar surface area (TPSA) is 62.5 Å². The molecule has 0 bridgehead atoms. The highest BCUT2D eigenvalue weighted by molar-refractivity contribution is 14.0. The molecule has 0 fully saturated rings. The van der Waals surface area contributed by atoms with E-state index in [1.807, 2.05) is 6.07 Å². The number of nitrogens with one attached hydrogen (secondary N) is 2. The Kier molecular flexibility index (Phi) is 8.24. The van der Waals surface area contributed by atoms with Gasteiger partial charge in [0, 0.05) is 19.0 Å². The first kappa shape index (κ1) is 20.5. The quantitative estimate of drug-likeness (QED) is 0.423. The van der Waals surface area contributed by atoms with Crippen LogP contribution in [0.5, 0.6) is 0 Å². The maximum atomic E-state index is 5.76. The molecular formula is C18H27IN4O. The van der Waals surface area contributed by atoms with Gasteiger partial charge in [-0.1, -0.05) is 51.1 Å². The summed E-state index contributed by atoms with van der Waals surface area (Å²) in [6, 6.07) is 10.4. The Morgan fingerprint density at radius 2 is 1.88 bits per heavy atom. The molecule has 6 heteroatoms. The summed E-state index contributed by atoms with van der Waals surface area (Å²) in [5.74, 6) is 2.30. The molecule has 0 aliphatic rings. The van der Waals surface area contributed by atoms with Crippen LogP contribution in [0.15, 0.2) is 45.9 Å². The van der Waals surface area contributed by atoms with Crippen molar-refractivity contribution in [2.75, 3.05) is 13.6 Å². The molecule has 0 saturated carbocycles. The van der Waals surface area contributed by atoms with Crippen molar-refractivity contribution in [1.29, 1.82) is 0 Å². The average molecular weight is 442 g/mol. The summed E-state index contributed by atoms with van der Waals surface area (Å²) in [5.41, 5.74) is 1.28. The van der Waals surface area contributed by atoms with Gasteiger partial charge in [0.05, 0.1) is 12.7 Å². The van der Waals surface area contributed by atoms with Gasteiger partial charge in [0.25, 0.3) is 0 Å². The summed E-state index contributed by atoms with van der Waals surface area (Å²) < 4.78 is 5.76. The Labute approximate surface area is 161 Å². The summed E-state index contributed by atoms with van der Waals surface area (Å²) in [5, 5.41) is 6.51. The molecule has 132 valence electrons. The number of benzene rings is 1. The second-order valence-electron chi connectivity index (χ2n) is 6.46. The molecule has 1 aromatic carbocycles. The minimum Gasteiger partial charge on any atom is -0.443 e. The Morgan fingerprint density at radius 1 is 1.17 bits per heavy atom. The van der Waals surface area contributed by atoms with Crippen LogP contribution in [0.2, 0.25) is 0 Å². The molecule has 0 radical (unpaired) electrons. The van der Waals surface area contributed by atoms with Crippen LogP contribution in [0.3, 0.4) is 0 Å². The third-order valence-corrected chi connectivity index (χ3v) is 3.47. The molecule has 0 aliphatic carbocycles. The van der Waals surface area contributed by atoms with Gasteiger partial charge in [-0.25, -0.2) is 4.98 Å². The van der Waals surface area contributed by atoms with Crippen molar-refractivity contribution < 1.29 is 4.42 Å². The molecule has 1 heterocycles. The van der Waals surface area contributed by atoms with Gasteiger partial charge in [0.2, 0.25) is 5.89 Å². The van der Waals surface area contributed by atoms with Crippen LogP contribution >= 0.6 is 24.0 Å². The molecule has 24 heavy (non-hydrogen) atoms. The van der Waals surface area contributed by atoms with Gasteiger partial charge in [-0.2, -0.15) is 0 Å².